The predicted molar refractivity (Wildman–Crippen MR) is 56.8 cm³/mol. The Morgan fingerprint density at radius 2 is 2.25 bits per heavy atom. The van der Waals surface area contributed by atoms with Gasteiger partial charge in [-0.15, -0.1) is 0 Å². The van der Waals surface area contributed by atoms with Crippen molar-refractivity contribution in [2.45, 2.75) is 6.54 Å². The summed E-state index contributed by atoms with van der Waals surface area (Å²) in [5.74, 6) is 0. The molecule has 0 aromatic carbocycles. The first-order valence-corrected chi connectivity index (χ1v) is 4.85. The van der Waals surface area contributed by atoms with Crippen LogP contribution in [0.1, 0.15) is 10.5 Å². The summed E-state index contributed by atoms with van der Waals surface area (Å²) in [6.07, 6.45) is 2.30. The lowest BCUT2D eigenvalue weighted by atomic mass is 10.2. The van der Waals surface area contributed by atoms with Crippen LogP contribution in [0.15, 0.2) is 30.5 Å². The number of hydrogen-bond donors (Lipinski definition) is 0. The maximum absolute atomic E-state index is 12.2. The first-order valence-electron chi connectivity index (χ1n) is 4.85. The van der Waals surface area contributed by atoms with E-state index in [0.717, 1.165) is 0 Å². The zero-order valence-corrected chi connectivity index (χ0v) is 8.51. The fourth-order valence-corrected chi connectivity index (χ4v) is 1.42. The number of rotatable bonds is 4. The Labute approximate surface area is 91.7 Å². The van der Waals surface area contributed by atoms with Crippen molar-refractivity contribution in [2.75, 3.05) is 6.67 Å². The molecular weight excluding hydrogens is 209 g/mol. The van der Waals surface area contributed by atoms with Crippen LogP contribution in [0, 0.1) is 0 Å². The van der Waals surface area contributed by atoms with E-state index in [1.807, 2.05) is 6.07 Å². The molecule has 2 aromatic heterocycles. The highest BCUT2D eigenvalue weighted by molar-refractivity contribution is 5.75. The van der Waals surface area contributed by atoms with Gasteiger partial charge in [-0.3, -0.25) is 14.5 Å². The molecule has 0 radical (unpaired) electrons. The molecule has 0 amide bonds. The fourth-order valence-electron chi connectivity index (χ4n) is 1.42. The first-order chi connectivity index (χ1) is 7.85. The van der Waals surface area contributed by atoms with Gasteiger partial charge >= 0.3 is 0 Å². The fraction of sp³-hybridized carbons (Fsp3) is 0.182. The van der Waals surface area contributed by atoms with Gasteiger partial charge in [0.2, 0.25) is 0 Å². The highest BCUT2D eigenvalue weighted by atomic mass is 19.1. The van der Waals surface area contributed by atoms with Crippen LogP contribution >= 0.6 is 0 Å². The van der Waals surface area contributed by atoms with E-state index in [1.165, 1.54) is 4.68 Å². The summed E-state index contributed by atoms with van der Waals surface area (Å²) in [6, 6.07) is 7.02. The number of aryl methyl sites for hydroxylation is 1. The maximum atomic E-state index is 12.2. The number of carbonyl (C=O) groups is 1. The van der Waals surface area contributed by atoms with Gasteiger partial charge in [0, 0.05) is 6.20 Å². The summed E-state index contributed by atoms with van der Waals surface area (Å²) >= 11 is 0. The van der Waals surface area contributed by atoms with Gasteiger partial charge in [0.1, 0.15) is 18.1 Å². The van der Waals surface area contributed by atoms with Gasteiger partial charge in [0.05, 0.1) is 12.2 Å². The Kier molecular flexibility index (Phi) is 3.05. The SMILES string of the molecule is O=Cc1cc(-c2ccccn2)nn1CCF. The third-order valence-corrected chi connectivity index (χ3v) is 2.16. The third-order valence-electron chi connectivity index (χ3n) is 2.16. The van der Waals surface area contributed by atoms with Crippen LogP contribution in [-0.2, 0) is 6.54 Å². The molecule has 0 atom stereocenters. The molecule has 5 heteroatoms. The number of aldehydes is 1. The number of halogens is 1. The molecule has 2 heterocycles. The smallest absolute Gasteiger partial charge is 0.168 e. The summed E-state index contributed by atoms with van der Waals surface area (Å²) < 4.78 is 13.6. The van der Waals surface area contributed by atoms with Crippen molar-refractivity contribution >= 4 is 6.29 Å². The van der Waals surface area contributed by atoms with E-state index in [0.29, 0.717) is 23.4 Å². The molecule has 82 valence electrons. The van der Waals surface area contributed by atoms with Crippen LogP contribution in [0.3, 0.4) is 0 Å². The van der Waals surface area contributed by atoms with E-state index < -0.39 is 6.67 Å². The number of carbonyl (C=O) groups excluding carboxylic acids is 1. The molecule has 2 rings (SSSR count). The van der Waals surface area contributed by atoms with Gasteiger partial charge in [-0.1, -0.05) is 6.07 Å². The minimum absolute atomic E-state index is 0.0842. The first kappa shape index (κ1) is 10.5. The Balaban J connectivity index is 2.40. The Hall–Kier alpha value is -2.04. The molecule has 0 saturated carbocycles. The molecule has 0 aliphatic rings. The van der Waals surface area contributed by atoms with Crippen molar-refractivity contribution in [3.05, 3.63) is 36.2 Å². The standard InChI is InChI=1S/C11H10FN3O/c12-4-6-15-9(8-16)7-11(14-15)10-3-1-2-5-13-10/h1-3,5,7-8H,4,6H2. The highest BCUT2D eigenvalue weighted by Crippen LogP contribution is 2.15. The van der Waals surface area contributed by atoms with E-state index in [1.54, 1.807) is 24.4 Å². The van der Waals surface area contributed by atoms with Crippen LogP contribution in [0.5, 0.6) is 0 Å². The van der Waals surface area contributed by atoms with Gasteiger partial charge < -0.3 is 0 Å². The topological polar surface area (TPSA) is 47.8 Å². The largest absolute Gasteiger partial charge is 0.296 e. The van der Waals surface area contributed by atoms with Gasteiger partial charge in [-0.2, -0.15) is 5.10 Å². The number of hydrogen-bond acceptors (Lipinski definition) is 3. The lowest BCUT2D eigenvalue weighted by molar-refractivity contribution is 0.111. The Bertz CT molecular complexity index is 481. The lowest BCUT2D eigenvalue weighted by Crippen LogP contribution is -2.05. The quantitative estimate of drug-likeness (QED) is 0.736. The average molecular weight is 219 g/mol. The monoisotopic (exact) mass is 219 g/mol. The van der Waals surface area contributed by atoms with Crippen molar-refractivity contribution in [3.8, 4) is 11.4 Å². The molecular formula is C11H10FN3O. The summed E-state index contributed by atoms with van der Waals surface area (Å²) in [4.78, 5) is 14.9. The summed E-state index contributed by atoms with van der Waals surface area (Å²) in [5.41, 5.74) is 1.61. The molecule has 0 aliphatic heterocycles. The maximum Gasteiger partial charge on any atom is 0.168 e. The second kappa shape index (κ2) is 4.65. The Morgan fingerprint density at radius 3 is 2.88 bits per heavy atom. The van der Waals surface area contributed by atoms with Gasteiger partial charge in [0.25, 0.3) is 0 Å². The molecule has 0 N–H and O–H groups in total. The van der Waals surface area contributed by atoms with Crippen molar-refractivity contribution < 1.29 is 9.18 Å². The zero-order valence-electron chi connectivity index (χ0n) is 8.51. The molecule has 0 aliphatic carbocycles. The molecule has 0 unspecified atom stereocenters. The molecule has 0 bridgehead atoms. The van der Waals surface area contributed by atoms with Gasteiger partial charge in [-0.05, 0) is 18.2 Å². The van der Waals surface area contributed by atoms with E-state index >= 15 is 0 Å². The number of nitrogens with zero attached hydrogens (tertiary/aromatic N) is 3. The average Bonchev–Trinajstić information content (AvgIpc) is 2.74. The molecule has 2 aromatic rings. The van der Waals surface area contributed by atoms with Crippen LogP contribution in [0.2, 0.25) is 0 Å². The highest BCUT2D eigenvalue weighted by Gasteiger charge is 2.09. The van der Waals surface area contributed by atoms with E-state index in [2.05, 4.69) is 10.1 Å². The van der Waals surface area contributed by atoms with Gasteiger partial charge in [-0.25, -0.2) is 4.39 Å². The minimum Gasteiger partial charge on any atom is -0.296 e. The van der Waals surface area contributed by atoms with Crippen LogP contribution in [0.4, 0.5) is 4.39 Å². The Morgan fingerprint density at radius 1 is 1.38 bits per heavy atom. The summed E-state index contributed by atoms with van der Waals surface area (Å²) in [6.45, 7) is -0.467. The second-order valence-corrected chi connectivity index (χ2v) is 3.20. The molecule has 16 heavy (non-hydrogen) atoms. The molecule has 4 nitrogen and oxygen atoms in total. The number of aromatic nitrogens is 3. The lowest BCUT2D eigenvalue weighted by Gasteiger charge is -1.97. The van der Waals surface area contributed by atoms with E-state index in [9.17, 15) is 9.18 Å². The van der Waals surface area contributed by atoms with E-state index in [-0.39, 0.29) is 6.54 Å². The minimum atomic E-state index is -0.551. The van der Waals surface area contributed by atoms with Crippen LogP contribution < -0.4 is 0 Å². The summed E-state index contributed by atoms with van der Waals surface area (Å²) in [5, 5.41) is 4.12. The van der Waals surface area contributed by atoms with Crippen molar-refractivity contribution in [1.82, 2.24) is 14.8 Å². The van der Waals surface area contributed by atoms with Crippen LogP contribution in [-0.4, -0.2) is 27.7 Å². The zero-order chi connectivity index (χ0) is 11.4. The van der Waals surface area contributed by atoms with Crippen LogP contribution in [0.25, 0.3) is 11.4 Å². The van der Waals surface area contributed by atoms with Crippen molar-refractivity contribution in [2.24, 2.45) is 0 Å². The predicted octanol–water partition coefficient (Wildman–Crippen LogP) is 1.73. The third kappa shape index (κ3) is 1.98. The molecule has 0 saturated heterocycles. The van der Waals surface area contributed by atoms with Crippen molar-refractivity contribution in [3.63, 3.8) is 0 Å². The molecule has 0 spiro atoms. The van der Waals surface area contributed by atoms with E-state index in [4.69, 9.17) is 0 Å². The normalized spacial score (nSPS) is 10.3. The molecule has 0 fully saturated rings. The second-order valence-electron chi connectivity index (χ2n) is 3.20. The van der Waals surface area contributed by atoms with Gasteiger partial charge in [0.15, 0.2) is 6.29 Å². The number of pyridine rings is 1. The number of alkyl halides is 1. The van der Waals surface area contributed by atoms with Crippen molar-refractivity contribution in [1.29, 1.82) is 0 Å². The summed E-state index contributed by atoms with van der Waals surface area (Å²) in [7, 11) is 0.